The highest BCUT2D eigenvalue weighted by atomic mass is 32.2. The van der Waals surface area contributed by atoms with E-state index in [0.717, 1.165) is 0 Å². The van der Waals surface area contributed by atoms with Gasteiger partial charge in [-0.05, 0) is 24.3 Å². The lowest BCUT2D eigenvalue weighted by molar-refractivity contribution is -0.140. The minimum absolute atomic E-state index is 0.111. The molecule has 2 aliphatic rings. The molecule has 0 saturated carbocycles. The van der Waals surface area contributed by atoms with Gasteiger partial charge < -0.3 is 33.0 Å². The number of aliphatic carboxylic acids is 2. The number of benzene rings is 3. The number of esters is 1. The maximum atomic E-state index is 15.9. The van der Waals surface area contributed by atoms with Crippen LogP contribution in [0.3, 0.4) is 0 Å². The van der Waals surface area contributed by atoms with Crippen LogP contribution >= 0.6 is 0 Å². The molecule has 54 heavy (non-hydrogen) atoms. The number of nitrogens with zero attached hydrogens (tertiary/aromatic N) is 1. The largest absolute Gasteiger partial charge is 0.534 e. The molecule has 5 rings (SSSR count). The number of rotatable bonds is 9. The zero-order valence-corrected chi connectivity index (χ0v) is 26.8. The average Bonchev–Trinajstić information content (AvgIpc) is 3.32. The highest BCUT2D eigenvalue weighted by Gasteiger charge is 2.58. The molecule has 3 aromatic rings. The van der Waals surface area contributed by atoms with Crippen LogP contribution < -0.4 is 13.1 Å². The Balaban J connectivity index is 1.82. The van der Waals surface area contributed by atoms with Crippen molar-refractivity contribution >= 4 is 44.1 Å². The van der Waals surface area contributed by atoms with E-state index in [2.05, 4.69) is 8.37 Å². The third-order valence-electron chi connectivity index (χ3n) is 7.23. The van der Waals surface area contributed by atoms with E-state index in [4.69, 9.17) is 19.7 Å². The zero-order valence-electron chi connectivity index (χ0n) is 25.1. The molecule has 0 bridgehead atoms. The zero-order chi connectivity index (χ0) is 40.7. The molecule has 2 heterocycles. The van der Waals surface area contributed by atoms with Crippen LogP contribution in [0.1, 0.15) is 37.4 Å². The number of carbonyl (C=O) groups is 4. The van der Waals surface area contributed by atoms with Crippen LogP contribution in [0.2, 0.25) is 0 Å². The number of amides is 1. The summed E-state index contributed by atoms with van der Waals surface area (Å²) in [6, 6.07) is 1.64. The molecule has 0 atom stereocenters. The lowest BCUT2D eigenvalue weighted by Crippen LogP contribution is -2.39. The van der Waals surface area contributed by atoms with Gasteiger partial charge in [-0.2, -0.15) is 52.0 Å². The Bertz CT molecular complexity index is 2290. The van der Waals surface area contributed by atoms with Gasteiger partial charge in [0, 0.05) is 11.1 Å². The fraction of sp³-hybridized carbons (Fsp3) is 0.185. The van der Waals surface area contributed by atoms with E-state index in [1.807, 2.05) is 0 Å². The summed E-state index contributed by atoms with van der Waals surface area (Å²) < 4.78 is 204. The summed E-state index contributed by atoms with van der Waals surface area (Å²) in [5, 5.41) is 18.2. The van der Waals surface area contributed by atoms with Gasteiger partial charge >= 0.3 is 49.2 Å². The summed E-state index contributed by atoms with van der Waals surface area (Å²) >= 11 is 0. The Morgan fingerprint density at radius 2 is 1.15 bits per heavy atom. The number of carbonyl (C=O) groups excluding carboxylic acids is 2. The van der Waals surface area contributed by atoms with Crippen molar-refractivity contribution in [2.75, 3.05) is 13.1 Å². The number of carboxylic acids is 2. The maximum absolute atomic E-state index is 15.9. The second-order valence-corrected chi connectivity index (χ2v) is 13.7. The van der Waals surface area contributed by atoms with Crippen molar-refractivity contribution < 1.29 is 108 Å². The van der Waals surface area contributed by atoms with Crippen LogP contribution in [0, 0.1) is 23.3 Å². The lowest BCUT2D eigenvalue weighted by atomic mass is 9.77. The minimum Gasteiger partial charge on any atom is -0.480 e. The first-order valence-corrected chi connectivity index (χ1v) is 16.3. The number of halogens is 10. The predicted molar refractivity (Wildman–Crippen MR) is 147 cm³/mol. The van der Waals surface area contributed by atoms with Crippen LogP contribution in [0.25, 0.3) is 0 Å². The van der Waals surface area contributed by atoms with Gasteiger partial charge in [-0.25, -0.2) is 13.6 Å². The molecule has 0 aliphatic carbocycles. The monoisotopic (exact) mass is 827 g/mol. The molecule has 0 aromatic heterocycles. The van der Waals surface area contributed by atoms with Gasteiger partial charge in [0.1, 0.15) is 13.1 Å². The Kier molecular flexibility index (Phi) is 9.20. The molecular weight excluding hydrogens is 816 g/mol. The second kappa shape index (κ2) is 12.6. The predicted octanol–water partition coefficient (Wildman–Crippen LogP) is 3.88. The van der Waals surface area contributed by atoms with Crippen molar-refractivity contribution in [2.24, 2.45) is 0 Å². The Labute approximate surface area is 291 Å². The number of carboxylic acid groups (broad SMARTS) is 2. The highest BCUT2D eigenvalue weighted by Crippen LogP contribution is 2.59. The van der Waals surface area contributed by atoms with E-state index in [9.17, 15) is 62.4 Å². The summed E-state index contributed by atoms with van der Waals surface area (Å²) in [4.78, 5) is 49.1. The topological polar surface area (TPSA) is 217 Å². The molecule has 0 unspecified atom stereocenters. The van der Waals surface area contributed by atoms with Crippen LogP contribution in [-0.2, 0) is 40.2 Å². The SMILES string of the molecule is O=C(O)CN(CC(=O)O)C(=O)c1ccc2c(c1)C(=O)OC21c2cc(F)c(OS(=O)(=O)C(F)(F)F)c(F)c2Oc2c1cc(F)c(OS(=O)(=O)C(F)(F)F)c2F. The van der Waals surface area contributed by atoms with Gasteiger partial charge in [0.05, 0.1) is 16.7 Å². The Hall–Kier alpha value is -5.86. The second-order valence-electron chi connectivity index (χ2n) is 10.6. The molecule has 27 heteroatoms. The van der Waals surface area contributed by atoms with E-state index in [1.165, 1.54) is 0 Å². The van der Waals surface area contributed by atoms with Crippen LogP contribution in [-0.4, -0.2) is 79.9 Å². The van der Waals surface area contributed by atoms with E-state index in [1.54, 1.807) is 0 Å². The highest BCUT2D eigenvalue weighted by molar-refractivity contribution is 7.88. The van der Waals surface area contributed by atoms with Crippen LogP contribution in [0.4, 0.5) is 43.9 Å². The number of fused-ring (bicyclic) bond motifs is 6. The summed E-state index contributed by atoms with van der Waals surface area (Å²) in [7, 11) is -13.8. The molecule has 1 spiro atoms. The van der Waals surface area contributed by atoms with Crippen molar-refractivity contribution in [3.63, 3.8) is 0 Å². The molecule has 1 amide bonds. The number of ether oxygens (including phenoxy) is 2. The molecule has 0 radical (unpaired) electrons. The summed E-state index contributed by atoms with van der Waals surface area (Å²) in [6.45, 7) is -2.45. The summed E-state index contributed by atoms with van der Waals surface area (Å²) in [5.74, 6) is -24.9. The Morgan fingerprint density at radius 3 is 1.54 bits per heavy atom. The van der Waals surface area contributed by atoms with Crippen molar-refractivity contribution in [1.82, 2.24) is 4.90 Å². The molecule has 0 saturated heterocycles. The lowest BCUT2D eigenvalue weighted by Gasteiger charge is -2.37. The first-order chi connectivity index (χ1) is 24.6. The van der Waals surface area contributed by atoms with E-state index in [-0.39, 0.29) is 17.0 Å². The van der Waals surface area contributed by atoms with Gasteiger partial charge in [-0.1, -0.05) is 6.07 Å². The van der Waals surface area contributed by atoms with Gasteiger partial charge in [-0.3, -0.25) is 14.4 Å². The molecular formula is C27H11F10NO14S2. The molecule has 0 fully saturated rings. The van der Waals surface area contributed by atoms with E-state index < -0.39 is 148 Å². The number of hydrogen-bond donors (Lipinski definition) is 2. The molecule has 290 valence electrons. The van der Waals surface area contributed by atoms with Crippen molar-refractivity contribution in [3.8, 4) is 23.0 Å². The molecule has 3 aromatic carbocycles. The smallest absolute Gasteiger partial charge is 0.480 e. The van der Waals surface area contributed by atoms with Gasteiger partial charge in [0.25, 0.3) is 5.91 Å². The van der Waals surface area contributed by atoms with E-state index >= 15 is 17.6 Å². The maximum Gasteiger partial charge on any atom is 0.534 e. The molecule has 15 nitrogen and oxygen atoms in total. The quantitative estimate of drug-likeness (QED) is 0.136. The summed E-state index contributed by atoms with van der Waals surface area (Å²) in [6.07, 6.45) is 0. The number of alkyl halides is 6. The average molecular weight is 827 g/mol. The summed E-state index contributed by atoms with van der Waals surface area (Å²) in [5.41, 5.74) is -20.9. The number of hydrogen-bond acceptors (Lipinski definition) is 12. The molecule has 2 N–H and O–H groups in total. The van der Waals surface area contributed by atoms with Gasteiger partial charge in [0.2, 0.25) is 23.1 Å². The van der Waals surface area contributed by atoms with Gasteiger partial charge in [0.15, 0.2) is 28.7 Å². The third kappa shape index (κ3) is 6.30. The fourth-order valence-corrected chi connectivity index (χ4v) is 6.05. The normalized spacial score (nSPS) is 14.7. The van der Waals surface area contributed by atoms with Gasteiger partial charge in [-0.15, -0.1) is 0 Å². The van der Waals surface area contributed by atoms with Crippen LogP contribution in [0.15, 0.2) is 30.3 Å². The standard InChI is InChI=1S/C27H11F10NO14S2/c28-13-4-11-19(17(30)21(13)51-53(45,46)26(32,33)34)49-20-12(5-14(29)22(18(20)31)52-54(47,48)27(35,36)37)25(11)10-2-1-8(3-9(10)24(44)50-25)23(43)38(6-15(39)40)7-16(41)42/h1-5H,6-7H2,(H,39,40)(H,41,42). The van der Waals surface area contributed by atoms with Crippen molar-refractivity contribution in [1.29, 1.82) is 0 Å². The van der Waals surface area contributed by atoms with Crippen molar-refractivity contribution in [2.45, 2.75) is 16.6 Å². The van der Waals surface area contributed by atoms with Crippen LogP contribution in [0.5, 0.6) is 23.0 Å². The first kappa shape index (κ1) is 39.3. The third-order valence-corrected chi connectivity index (χ3v) is 9.14. The first-order valence-electron chi connectivity index (χ1n) is 13.5. The Morgan fingerprint density at radius 1 is 0.722 bits per heavy atom. The van der Waals surface area contributed by atoms with E-state index in [0.29, 0.717) is 18.2 Å². The van der Waals surface area contributed by atoms with Crippen molar-refractivity contribution in [3.05, 3.63) is 81.4 Å². The molecule has 2 aliphatic heterocycles. The fourth-order valence-electron chi connectivity index (χ4n) is 5.12. The minimum atomic E-state index is -6.91.